The predicted molar refractivity (Wildman–Crippen MR) is 59.7 cm³/mol. The third-order valence-corrected chi connectivity index (χ3v) is 3.48. The summed E-state index contributed by atoms with van der Waals surface area (Å²) in [6.45, 7) is 3.08. The number of hydrogen-bond donors (Lipinski definition) is 2. The molecular formula is C11H18N2O4. The summed E-state index contributed by atoms with van der Waals surface area (Å²) >= 11 is 0. The maximum absolute atomic E-state index is 12.0. The van der Waals surface area contributed by atoms with Crippen LogP contribution in [0.25, 0.3) is 0 Å². The fourth-order valence-corrected chi connectivity index (χ4v) is 2.43. The first-order chi connectivity index (χ1) is 8.09. The van der Waals surface area contributed by atoms with Crippen molar-refractivity contribution in [2.24, 2.45) is 0 Å². The van der Waals surface area contributed by atoms with Gasteiger partial charge in [-0.3, -0.25) is 0 Å². The van der Waals surface area contributed by atoms with Gasteiger partial charge in [0.1, 0.15) is 6.04 Å². The van der Waals surface area contributed by atoms with E-state index in [1.165, 1.54) is 4.90 Å². The molecular weight excluding hydrogens is 224 g/mol. The molecule has 0 radical (unpaired) electrons. The van der Waals surface area contributed by atoms with E-state index in [2.05, 4.69) is 5.32 Å². The third-order valence-electron chi connectivity index (χ3n) is 3.48. The minimum absolute atomic E-state index is 0.00227. The molecule has 2 amide bonds. The molecule has 2 saturated heterocycles. The van der Waals surface area contributed by atoms with Crippen molar-refractivity contribution in [3.05, 3.63) is 0 Å². The molecule has 2 heterocycles. The lowest BCUT2D eigenvalue weighted by atomic mass is 10.1. The summed E-state index contributed by atoms with van der Waals surface area (Å²) in [5.41, 5.74) is 0. The average molecular weight is 242 g/mol. The summed E-state index contributed by atoms with van der Waals surface area (Å²) in [4.78, 5) is 24.3. The van der Waals surface area contributed by atoms with Gasteiger partial charge in [-0.05, 0) is 26.2 Å². The Kier molecular flexibility index (Phi) is 3.51. The number of rotatable bonds is 2. The van der Waals surface area contributed by atoms with E-state index in [1.807, 2.05) is 6.92 Å². The van der Waals surface area contributed by atoms with Crippen molar-refractivity contribution in [1.82, 2.24) is 10.2 Å². The maximum atomic E-state index is 12.0. The Hall–Kier alpha value is -1.30. The molecule has 0 bridgehead atoms. The molecule has 3 atom stereocenters. The standard InChI is InChI=1S/C11H18N2O4/c1-7-8(4-6-17-7)12-11(16)13-5-2-3-9(13)10(14)15/h7-9H,2-6H2,1H3,(H,12,16)(H,14,15)/t7?,8?,9-/m0/s1. The number of aliphatic carboxylic acids is 1. The van der Waals surface area contributed by atoms with Gasteiger partial charge in [0, 0.05) is 13.2 Å². The van der Waals surface area contributed by atoms with Crippen molar-refractivity contribution in [3.8, 4) is 0 Å². The SMILES string of the molecule is CC1OCCC1NC(=O)N1CCC[C@H]1C(=O)O. The van der Waals surface area contributed by atoms with E-state index < -0.39 is 12.0 Å². The highest BCUT2D eigenvalue weighted by Crippen LogP contribution is 2.19. The number of urea groups is 1. The molecule has 0 aromatic heterocycles. The number of hydrogen-bond acceptors (Lipinski definition) is 3. The number of carbonyl (C=O) groups excluding carboxylic acids is 1. The van der Waals surface area contributed by atoms with Gasteiger partial charge >= 0.3 is 12.0 Å². The zero-order valence-corrected chi connectivity index (χ0v) is 9.89. The molecule has 2 aliphatic rings. The van der Waals surface area contributed by atoms with Gasteiger partial charge in [-0.1, -0.05) is 0 Å². The molecule has 2 unspecified atom stereocenters. The van der Waals surface area contributed by atoms with Gasteiger partial charge in [-0.2, -0.15) is 0 Å². The molecule has 2 N–H and O–H groups in total. The molecule has 2 rings (SSSR count). The van der Waals surface area contributed by atoms with Gasteiger partial charge in [-0.25, -0.2) is 9.59 Å². The molecule has 96 valence electrons. The number of likely N-dealkylation sites (tertiary alicyclic amines) is 1. The summed E-state index contributed by atoms with van der Waals surface area (Å²) in [6, 6.07) is -0.956. The predicted octanol–water partition coefficient (Wildman–Crippen LogP) is 0.422. The first-order valence-corrected chi connectivity index (χ1v) is 6.01. The fourth-order valence-electron chi connectivity index (χ4n) is 2.43. The number of amides is 2. The Morgan fingerprint density at radius 1 is 1.41 bits per heavy atom. The minimum atomic E-state index is -0.923. The van der Waals surface area contributed by atoms with Crippen LogP contribution in [0.3, 0.4) is 0 Å². The number of nitrogens with one attached hydrogen (secondary N) is 1. The quantitative estimate of drug-likeness (QED) is 0.735. The minimum Gasteiger partial charge on any atom is -0.480 e. The highest BCUT2D eigenvalue weighted by atomic mass is 16.5. The lowest BCUT2D eigenvalue weighted by Crippen LogP contribution is -2.50. The van der Waals surface area contributed by atoms with Crippen LogP contribution in [0, 0.1) is 0 Å². The lowest BCUT2D eigenvalue weighted by Gasteiger charge is -2.25. The maximum Gasteiger partial charge on any atom is 0.326 e. The largest absolute Gasteiger partial charge is 0.480 e. The van der Waals surface area contributed by atoms with Crippen molar-refractivity contribution in [3.63, 3.8) is 0 Å². The number of carbonyl (C=O) groups is 2. The summed E-state index contributed by atoms with van der Waals surface area (Å²) in [5.74, 6) is -0.923. The molecule has 0 spiro atoms. The van der Waals surface area contributed by atoms with E-state index in [4.69, 9.17) is 9.84 Å². The van der Waals surface area contributed by atoms with E-state index in [9.17, 15) is 9.59 Å². The molecule has 17 heavy (non-hydrogen) atoms. The van der Waals surface area contributed by atoms with Crippen LogP contribution in [-0.2, 0) is 9.53 Å². The molecule has 6 heteroatoms. The van der Waals surface area contributed by atoms with Gasteiger partial charge in [-0.15, -0.1) is 0 Å². The zero-order valence-electron chi connectivity index (χ0n) is 9.89. The van der Waals surface area contributed by atoms with Crippen LogP contribution in [-0.4, -0.2) is 53.3 Å². The first kappa shape index (κ1) is 12.2. The van der Waals surface area contributed by atoms with Crippen LogP contribution in [0.15, 0.2) is 0 Å². The van der Waals surface area contributed by atoms with Crippen molar-refractivity contribution in [1.29, 1.82) is 0 Å². The van der Waals surface area contributed by atoms with E-state index >= 15 is 0 Å². The highest BCUT2D eigenvalue weighted by molar-refractivity contribution is 5.83. The van der Waals surface area contributed by atoms with E-state index in [0.29, 0.717) is 19.6 Å². The third kappa shape index (κ3) is 2.52. The average Bonchev–Trinajstić information content (AvgIpc) is 2.87. The van der Waals surface area contributed by atoms with E-state index in [0.717, 1.165) is 12.8 Å². The number of carboxylic acids is 1. The van der Waals surface area contributed by atoms with Crippen LogP contribution in [0.1, 0.15) is 26.2 Å². The van der Waals surface area contributed by atoms with Crippen molar-refractivity contribution in [2.45, 2.75) is 44.4 Å². The van der Waals surface area contributed by atoms with Gasteiger partial charge in [0.15, 0.2) is 0 Å². The molecule has 0 aliphatic carbocycles. The molecule has 6 nitrogen and oxygen atoms in total. The van der Waals surface area contributed by atoms with E-state index in [1.54, 1.807) is 0 Å². The normalized spacial score (nSPS) is 32.8. The second-order valence-corrected chi connectivity index (χ2v) is 4.61. The summed E-state index contributed by atoms with van der Waals surface area (Å²) in [6.07, 6.45) is 2.09. The lowest BCUT2D eigenvalue weighted by molar-refractivity contribution is -0.141. The van der Waals surface area contributed by atoms with Crippen molar-refractivity contribution >= 4 is 12.0 Å². The number of ether oxygens (including phenoxy) is 1. The van der Waals surface area contributed by atoms with Crippen LogP contribution in [0.4, 0.5) is 4.79 Å². The van der Waals surface area contributed by atoms with Crippen LogP contribution < -0.4 is 5.32 Å². The second-order valence-electron chi connectivity index (χ2n) is 4.61. The van der Waals surface area contributed by atoms with Crippen LogP contribution >= 0.6 is 0 Å². The Morgan fingerprint density at radius 2 is 2.18 bits per heavy atom. The Labute approximate surface area is 99.9 Å². The zero-order chi connectivity index (χ0) is 12.4. The first-order valence-electron chi connectivity index (χ1n) is 6.01. The molecule has 0 saturated carbocycles. The van der Waals surface area contributed by atoms with Crippen LogP contribution in [0.2, 0.25) is 0 Å². The fraction of sp³-hybridized carbons (Fsp3) is 0.818. The molecule has 0 aromatic carbocycles. The summed E-state index contributed by atoms with van der Waals surface area (Å²) < 4.78 is 5.35. The number of nitrogens with zero attached hydrogens (tertiary/aromatic N) is 1. The Morgan fingerprint density at radius 3 is 2.76 bits per heavy atom. The van der Waals surface area contributed by atoms with Gasteiger partial charge in [0.25, 0.3) is 0 Å². The monoisotopic (exact) mass is 242 g/mol. The van der Waals surface area contributed by atoms with Gasteiger partial charge in [0.2, 0.25) is 0 Å². The Bertz CT molecular complexity index is 321. The highest BCUT2D eigenvalue weighted by Gasteiger charge is 2.36. The molecule has 2 aliphatic heterocycles. The summed E-state index contributed by atoms with van der Waals surface area (Å²) in [5, 5.41) is 11.9. The Balaban J connectivity index is 1.93. The van der Waals surface area contributed by atoms with E-state index in [-0.39, 0.29) is 18.2 Å². The van der Waals surface area contributed by atoms with Crippen molar-refractivity contribution < 1.29 is 19.4 Å². The van der Waals surface area contributed by atoms with Gasteiger partial charge < -0.3 is 20.1 Å². The van der Waals surface area contributed by atoms with Gasteiger partial charge in [0.05, 0.1) is 12.1 Å². The van der Waals surface area contributed by atoms with Crippen molar-refractivity contribution in [2.75, 3.05) is 13.2 Å². The topological polar surface area (TPSA) is 78.9 Å². The van der Waals surface area contributed by atoms with Crippen LogP contribution in [0.5, 0.6) is 0 Å². The molecule has 2 fully saturated rings. The summed E-state index contributed by atoms with van der Waals surface area (Å²) in [7, 11) is 0. The smallest absolute Gasteiger partial charge is 0.326 e. The second kappa shape index (κ2) is 4.91. The molecule has 0 aromatic rings. The number of carboxylic acid groups (broad SMARTS) is 1.